The highest BCUT2D eigenvalue weighted by Crippen LogP contribution is 2.23. The maximum Gasteiger partial charge on any atom is 0.327 e. The lowest BCUT2D eigenvalue weighted by molar-refractivity contribution is -0.143. The van der Waals surface area contributed by atoms with E-state index in [0.29, 0.717) is 5.02 Å². The van der Waals surface area contributed by atoms with Gasteiger partial charge in [-0.2, -0.15) is 0 Å². The van der Waals surface area contributed by atoms with Crippen molar-refractivity contribution >= 4 is 17.6 Å². The summed E-state index contributed by atoms with van der Waals surface area (Å²) in [6, 6.07) is 6.90. The fraction of sp³-hybridized carbons (Fsp3) is 0.417. The van der Waals surface area contributed by atoms with E-state index in [2.05, 4.69) is 5.32 Å². The standard InChI is InChI=1S/C12H16ClNO2/c1-8(2)14-11(12(15)16-3)9-6-4-5-7-10(9)13/h4-8,11,14H,1-3H3. The van der Waals surface area contributed by atoms with Crippen LogP contribution in [0.1, 0.15) is 25.5 Å². The van der Waals surface area contributed by atoms with Crippen LogP contribution in [0.4, 0.5) is 0 Å². The number of ether oxygens (including phenoxy) is 1. The third-order valence-electron chi connectivity index (χ3n) is 2.15. The summed E-state index contributed by atoms with van der Waals surface area (Å²) < 4.78 is 4.76. The van der Waals surface area contributed by atoms with Crippen molar-refractivity contribution in [2.75, 3.05) is 7.11 Å². The Hall–Kier alpha value is -1.06. The summed E-state index contributed by atoms with van der Waals surface area (Å²) in [5, 5.41) is 3.69. The van der Waals surface area contributed by atoms with Gasteiger partial charge in [0.05, 0.1) is 7.11 Å². The topological polar surface area (TPSA) is 38.3 Å². The number of carbonyl (C=O) groups excluding carboxylic acids is 1. The van der Waals surface area contributed by atoms with Crippen LogP contribution in [0.15, 0.2) is 24.3 Å². The number of methoxy groups -OCH3 is 1. The van der Waals surface area contributed by atoms with Crippen LogP contribution in [0.25, 0.3) is 0 Å². The molecule has 0 bridgehead atoms. The van der Waals surface area contributed by atoms with Crippen molar-refractivity contribution in [2.24, 2.45) is 0 Å². The molecule has 0 aliphatic heterocycles. The van der Waals surface area contributed by atoms with Crippen LogP contribution < -0.4 is 5.32 Å². The fourth-order valence-electron chi connectivity index (χ4n) is 1.45. The Bertz CT molecular complexity index is 366. The zero-order valence-electron chi connectivity index (χ0n) is 9.66. The first-order valence-corrected chi connectivity index (χ1v) is 5.52. The van der Waals surface area contributed by atoms with E-state index in [1.54, 1.807) is 6.07 Å². The van der Waals surface area contributed by atoms with E-state index in [0.717, 1.165) is 5.56 Å². The highest BCUT2D eigenvalue weighted by atomic mass is 35.5. The minimum Gasteiger partial charge on any atom is -0.468 e. The Morgan fingerprint density at radius 3 is 2.50 bits per heavy atom. The van der Waals surface area contributed by atoms with E-state index in [1.165, 1.54) is 7.11 Å². The van der Waals surface area contributed by atoms with Crippen LogP contribution in [-0.2, 0) is 9.53 Å². The molecule has 0 fully saturated rings. The molecule has 1 unspecified atom stereocenters. The van der Waals surface area contributed by atoms with Crippen LogP contribution >= 0.6 is 11.6 Å². The molecule has 0 heterocycles. The van der Waals surface area contributed by atoms with Gasteiger partial charge in [-0.25, -0.2) is 4.79 Å². The first kappa shape index (κ1) is 13.0. The summed E-state index contributed by atoms with van der Waals surface area (Å²) in [6.45, 7) is 3.93. The molecule has 0 radical (unpaired) electrons. The number of benzene rings is 1. The molecule has 0 amide bonds. The third-order valence-corrected chi connectivity index (χ3v) is 2.50. The van der Waals surface area contributed by atoms with E-state index in [-0.39, 0.29) is 12.0 Å². The summed E-state index contributed by atoms with van der Waals surface area (Å²) in [5.41, 5.74) is 0.740. The highest BCUT2D eigenvalue weighted by molar-refractivity contribution is 6.31. The lowest BCUT2D eigenvalue weighted by Crippen LogP contribution is -2.34. The van der Waals surface area contributed by atoms with E-state index in [1.807, 2.05) is 32.0 Å². The maximum absolute atomic E-state index is 11.7. The maximum atomic E-state index is 11.7. The normalized spacial score (nSPS) is 12.6. The third kappa shape index (κ3) is 3.22. The van der Waals surface area contributed by atoms with Crippen molar-refractivity contribution in [3.63, 3.8) is 0 Å². The summed E-state index contributed by atoms with van der Waals surface area (Å²) >= 11 is 6.06. The van der Waals surface area contributed by atoms with Crippen molar-refractivity contribution in [3.8, 4) is 0 Å². The number of halogens is 1. The minimum atomic E-state index is -0.515. The van der Waals surface area contributed by atoms with Crippen LogP contribution in [-0.4, -0.2) is 19.1 Å². The van der Waals surface area contributed by atoms with Crippen molar-refractivity contribution in [1.29, 1.82) is 0 Å². The average molecular weight is 242 g/mol. The zero-order chi connectivity index (χ0) is 12.1. The van der Waals surface area contributed by atoms with Gasteiger partial charge in [0.15, 0.2) is 0 Å². The molecule has 0 saturated carbocycles. The van der Waals surface area contributed by atoms with Crippen LogP contribution in [0.3, 0.4) is 0 Å². The Balaban J connectivity index is 3.01. The quantitative estimate of drug-likeness (QED) is 0.824. The number of esters is 1. The predicted molar refractivity (Wildman–Crippen MR) is 64.5 cm³/mol. The molecule has 0 aliphatic rings. The zero-order valence-corrected chi connectivity index (χ0v) is 10.4. The Morgan fingerprint density at radius 1 is 1.38 bits per heavy atom. The minimum absolute atomic E-state index is 0.167. The van der Waals surface area contributed by atoms with Gasteiger partial charge in [-0.3, -0.25) is 5.32 Å². The molecule has 1 aromatic carbocycles. The largest absolute Gasteiger partial charge is 0.468 e. The van der Waals surface area contributed by atoms with Crippen molar-refractivity contribution in [3.05, 3.63) is 34.9 Å². The second-order valence-electron chi connectivity index (χ2n) is 3.80. The van der Waals surface area contributed by atoms with Gasteiger partial charge in [0.2, 0.25) is 0 Å². The molecule has 1 N–H and O–H groups in total. The molecule has 0 spiro atoms. The fourth-order valence-corrected chi connectivity index (χ4v) is 1.69. The van der Waals surface area contributed by atoms with Crippen LogP contribution in [0.5, 0.6) is 0 Å². The summed E-state index contributed by atoms with van der Waals surface area (Å²) in [4.78, 5) is 11.7. The second-order valence-corrected chi connectivity index (χ2v) is 4.21. The number of carbonyl (C=O) groups is 1. The molecule has 3 nitrogen and oxygen atoms in total. The molecule has 0 saturated heterocycles. The van der Waals surface area contributed by atoms with Crippen molar-refractivity contribution in [1.82, 2.24) is 5.32 Å². The van der Waals surface area contributed by atoms with E-state index in [4.69, 9.17) is 16.3 Å². The van der Waals surface area contributed by atoms with E-state index < -0.39 is 6.04 Å². The van der Waals surface area contributed by atoms with Gasteiger partial charge < -0.3 is 4.74 Å². The monoisotopic (exact) mass is 241 g/mol. The number of nitrogens with one attached hydrogen (secondary N) is 1. The van der Waals surface area contributed by atoms with Gasteiger partial charge in [-0.15, -0.1) is 0 Å². The van der Waals surface area contributed by atoms with Gasteiger partial charge in [0, 0.05) is 11.1 Å². The average Bonchev–Trinajstić information content (AvgIpc) is 2.26. The van der Waals surface area contributed by atoms with Gasteiger partial charge in [-0.1, -0.05) is 29.8 Å². The predicted octanol–water partition coefficient (Wildman–Crippen LogP) is 2.55. The SMILES string of the molecule is COC(=O)C(NC(C)C)c1ccccc1Cl. The molecule has 1 rings (SSSR count). The molecule has 1 aromatic rings. The Labute approximate surface area is 101 Å². The first-order valence-electron chi connectivity index (χ1n) is 5.14. The molecule has 1 atom stereocenters. The number of hydrogen-bond donors (Lipinski definition) is 1. The molecule has 0 aromatic heterocycles. The van der Waals surface area contributed by atoms with E-state index in [9.17, 15) is 4.79 Å². The van der Waals surface area contributed by atoms with Gasteiger partial charge in [0.1, 0.15) is 6.04 Å². The summed E-state index contributed by atoms with van der Waals surface area (Å²) in [6.07, 6.45) is 0. The molecule has 4 heteroatoms. The first-order chi connectivity index (χ1) is 7.56. The molecular formula is C12H16ClNO2. The van der Waals surface area contributed by atoms with E-state index >= 15 is 0 Å². The molecule has 88 valence electrons. The van der Waals surface area contributed by atoms with Crippen molar-refractivity contribution < 1.29 is 9.53 Å². The van der Waals surface area contributed by atoms with Crippen LogP contribution in [0, 0.1) is 0 Å². The molecular weight excluding hydrogens is 226 g/mol. The number of rotatable bonds is 4. The summed E-state index contributed by atoms with van der Waals surface area (Å²) in [7, 11) is 1.37. The summed E-state index contributed by atoms with van der Waals surface area (Å²) in [5.74, 6) is -0.332. The number of hydrogen-bond acceptors (Lipinski definition) is 3. The van der Waals surface area contributed by atoms with Gasteiger partial charge in [0.25, 0.3) is 0 Å². The van der Waals surface area contributed by atoms with Crippen molar-refractivity contribution in [2.45, 2.75) is 25.9 Å². The highest BCUT2D eigenvalue weighted by Gasteiger charge is 2.23. The Kier molecular flexibility index (Phi) is 4.77. The lowest BCUT2D eigenvalue weighted by Gasteiger charge is -2.20. The lowest BCUT2D eigenvalue weighted by atomic mass is 10.1. The smallest absolute Gasteiger partial charge is 0.327 e. The van der Waals surface area contributed by atoms with Crippen LogP contribution in [0.2, 0.25) is 5.02 Å². The molecule has 16 heavy (non-hydrogen) atoms. The second kappa shape index (κ2) is 5.87. The molecule has 0 aliphatic carbocycles. The Morgan fingerprint density at radius 2 is 2.00 bits per heavy atom. The van der Waals surface area contributed by atoms with Gasteiger partial charge in [-0.05, 0) is 25.5 Å². The van der Waals surface area contributed by atoms with Gasteiger partial charge >= 0.3 is 5.97 Å².